The highest BCUT2D eigenvalue weighted by Crippen LogP contribution is 2.38. The maximum absolute atomic E-state index is 12.8. The van der Waals surface area contributed by atoms with Crippen molar-refractivity contribution in [1.82, 2.24) is 4.90 Å². The van der Waals surface area contributed by atoms with Crippen LogP contribution in [0.1, 0.15) is 28.7 Å². The van der Waals surface area contributed by atoms with Gasteiger partial charge in [-0.15, -0.1) is 11.3 Å². The summed E-state index contributed by atoms with van der Waals surface area (Å²) in [6, 6.07) is 11.5. The zero-order valence-corrected chi connectivity index (χ0v) is 16.7. The normalized spacial score (nSPS) is 18.7. The van der Waals surface area contributed by atoms with Crippen LogP contribution in [-0.2, 0) is 11.2 Å². The number of furan rings is 1. The lowest BCUT2D eigenvalue weighted by Crippen LogP contribution is -2.40. The van der Waals surface area contributed by atoms with Gasteiger partial charge < -0.3 is 19.2 Å². The number of ether oxygens (including phenoxy) is 2. The van der Waals surface area contributed by atoms with Crippen LogP contribution in [0.25, 0.3) is 0 Å². The summed E-state index contributed by atoms with van der Waals surface area (Å²) in [5.41, 5.74) is 1.95. The molecule has 0 saturated carbocycles. The molecule has 0 spiro atoms. The number of rotatable bonds is 4. The molecule has 5 rings (SSSR count). The highest BCUT2D eigenvalue weighted by atomic mass is 32.1. The first-order chi connectivity index (χ1) is 14.3. The van der Waals surface area contributed by atoms with E-state index >= 15 is 0 Å². The molecule has 2 aliphatic heterocycles. The third-order valence-electron chi connectivity index (χ3n) is 5.26. The fourth-order valence-electron chi connectivity index (χ4n) is 3.94. The minimum atomic E-state index is -0.0604. The summed E-state index contributed by atoms with van der Waals surface area (Å²) in [6.07, 6.45) is 3.48. The molecule has 3 aromatic rings. The van der Waals surface area contributed by atoms with E-state index in [9.17, 15) is 4.79 Å². The fourth-order valence-corrected chi connectivity index (χ4v) is 4.85. The van der Waals surface area contributed by atoms with Crippen molar-refractivity contribution in [3.8, 4) is 11.5 Å². The van der Waals surface area contributed by atoms with Crippen molar-refractivity contribution in [1.29, 1.82) is 0 Å². The molecule has 1 atom stereocenters. The van der Waals surface area contributed by atoms with Crippen LogP contribution in [0.15, 0.2) is 52.5 Å². The Bertz CT molecular complexity index is 998. The van der Waals surface area contributed by atoms with E-state index in [0.717, 1.165) is 30.9 Å². The molecule has 150 valence electrons. The molecule has 7 heteroatoms. The maximum Gasteiger partial charge on any atom is 0.238 e. The van der Waals surface area contributed by atoms with Crippen molar-refractivity contribution in [2.24, 2.45) is 0 Å². The monoisotopic (exact) mass is 410 g/mol. The first-order valence-corrected chi connectivity index (χ1v) is 10.7. The van der Waals surface area contributed by atoms with Crippen LogP contribution >= 0.6 is 11.3 Å². The zero-order valence-electron chi connectivity index (χ0n) is 15.9. The Morgan fingerprint density at radius 3 is 2.93 bits per heavy atom. The Balaban J connectivity index is 1.32. The molecule has 0 unspecified atom stereocenters. The molecule has 1 amide bonds. The van der Waals surface area contributed by atoms with E-state index in [2.05, 4.69) is 21.7 Å². The molecular formula is C22H22N2O4S. The highest BCUT2D eigenvalue weighted by Gasteiger charge is 2.32. The number of hydrogen-bond donors (Lipinski definition) is 1. The predicted octanol–water partition coefficient (Wildman–Crippen LogP) is 4.09. The summed E-state index contributed by atoms with van der Waals surface area (Å²) in [6.45, 7) is 2.36. The number of amides is 1. The van der Waals surface area contributed by atoms with Gasteiger partial charge in [0.15, 0.2) is 11.5 Å². The van der Waals surface area contributed by atoms with Gasteiger partial charge in [0.05, 0.1) is 32.1 Å². The molecule has 2 aromatic heterocycles. The lowest BCUT2D eigenvalue weighted by atomic mass is 9.98. The minimum absolute atomic E-state index is 0.0328. The number of benzene rings is 1. The molecule has 1 N–H and O–H groups in total. The largest absolute Gasteiger partial charge is 0.490 e. The fraction of sp³-hybridized carbons (Fsp3) is 0.318. The van der Waals surface area contributed by atoms with Gasteiger partial charge in [-0.25, -0.2) is 0 Å². The quantitative estimate of drug-likeness (QED) is 0.702. The van der Waals surface area contributed by atoms with Gasteiger partial charge in [-0.3, -0.25) is 9.69 Å². The van der Waals surface area contributed by atoms with Gasteiger partial charge >= 0.3 is 0 Å². The summed E-state index contributed by atoms with van der Waals surface area (Å²) >= 11 is 1.77. The maximum atomic E-state index is 12.8. The number of fused-ring (bicyclic) bond motifs is 2. The lowest BCUT2D eigenvalue weighted by Gasteiger charge is -2.34. The Hall–Kier alpha value is -2.77. The number of carbonyl (C=O) groups is 1. The number of thiophene rings is 1. The molecule has 0 saturated heterocycles. The van der Waals surface area contributed by atoms with Gasteiger partial charge in [0, 0.05) is 29.6 Å². The van der Waals surface area contributed by atoms with E-state index in [4.69, 9.17) is 13.9 Å². The molecule has 0 bridgehead atoms. The van der Waals surface area contributed by atoms with Crippen molar-refractivity contribution in [3.63, 3.8) is 0 Å². The average molecular weight is 410 g/mol. The van der Waals surface area contributed by atoms with Crippen LogP contribution in [0.2, 0.25) is 0 Å². The van der Waals surface area contributed by atoms with Crippen molar-refractivity contribution < 1.29 is 18.7 Å². The Labute approximate surface area is 173 Å². The molecule has 2 aliphatic rings. The van der Waals surface area contributed by atoms with Crippen LogP contribution in [0.3, 0.4) is 0 Å². The van der Waals surface area contributed by atoms with Crippen LogP contribution in [0, 0.1) is 0 Å². The first-order valence-electron chi connectivity index (χ1n) is 9.81. The second kappa shape index (κ2) is 7.93. The van der Waals surface area contributed by atoms with Gasteiger partial charge in [0.2, 0.25) is 5.91 Å². The molecule has 6 nitrogen and oxygen atoms in total. The average Bonchev–Trinajstić information content (AvgIpc) is 3.36. The second-order valence-electron chi connectivity index (χ2n) is 7.20. The van der Waals surface area contributed by atoms with Crippen molar-refractivity contribution in [2.45, 2.75) is 18.9 Å². The lowest BCUT2D eigenvalue weighted by molar-refractivity contribution is -0.117. The summed E-state index contributed by atoms with van der Waals surface area (Å²) in [7, 11) is 0. The standard InChI is InChI=1S/C22H22N2O4S/c25-21(23-15-4-5-17-19(13-15)28-11-2-10-26-17)14-24-8-6-20-16(7-12-29-20)22(24)18-3-1-9-27-18/h1,3-5,7,9,12-13,22H,2,6,8,10-11,14H2,(H,23,25)/t22-/m1/s1. The SMILES string of the molecule is O=C(CN1CCc2sccc2[C@@H]1c1ccco1)Nc1ccc2c(c1)OCCCO2. The third-order valence-corrected chi connectivity index (χ3v) is 6.25. The van der Waals surface area contributed by atoms with E-state index in [1.165, 1.54) is 10.4 Å². The number of nitrogens with zero attached hydrogens (tertiary/aromatic N) is 1. The molecule has 29 heavy (non-hydrogen) atoms. The van der Waals surface area contributed by atoms with Gasteiger partial charge in [0.25, 0.3) is 0 Å². The molecular weight excluding hydrogens is 388 g/mol. The van der Waals surface area contributed by atoms with Crippen LogP contribution < -0.4 is 14.8 Å². The molecule has 1 aromatic carbocycles. The molecule has 0 radical (unpaired) electrons. The molecule has 4 heterocycles. The Morgan fingerprint density at radius 1 is 1.17 bits per heavy atom. The predicted molar refractivity (Wildman–Crippen MR) is 111 cm³/mol. The Kier molecular flexibility index (Phi) is 4.99. The van der Waals surface area contributed by atoms with Crippen LogP contribution in [0.5, 0.6) is 11.5 Å². The van der Waals surface area contributed by atoms with Gasteiger partial charge in [-0.1, -0.05) is 0 Å². The highest BCUT2D eigenvalue weighted by molar-refractivity contribution is 7.10. The van der Waals surface area contributed by atoms with E-state index < -0.39 is 0 Å². The van der Waals surface area contributed by atoms with Crippen molar-refractivity contribution >= 4 is 22.9 Å². The molecule has 0 aliphatic carbocycles. The smallest absolute Gasteiger partial charge is 0.238 e. The number of carbonyl (C=O) groups excluding carboxylic acids is 1. The number of anilines is 1. The first kappa shape index (κ1) is 18.3. The number of hydrogen-bond acceptors (Lipinski definition) is 6. The van der Waals surface area contributed by atoms with E-state index in [1.807, 2.05) is 30.3 Å². The third kappa shape index (κ3) is 3.75. The van der Waals surface area contributed by atoms with Gasteiger partial charge in [-0.2, -0.15) is 0 Å². The van der Waals surface area contributed by atoms with E-state index in [0.29, 0.717) is 24.7 Å². The summed E-state index contributed by atoms with van der Waals surface area (Å²) < 4.78 is 17.1. The van der Waals surface area contributed by atoms with Crippen molar-refractivity contribution in [3.05, 3.63) is 64.2 Å². The zero-order chi connectivity index (χ0) is 19.6. The minimum Gasteiger partial charge on any atom is -0.490 e. The summed E-state index contributed by atoms with van der Waals surface area (Å²) in [5, 5.41) is 5.11. The van der Waals surface area contributed by atoms with Crippen LogP contribution in [-0.4, -0.2) is 37.1 Å². The Morgan fingerprint density at radius 2 is 2.07 bits per heavy atom. The molecule has 0 fully saturated rings. The second-order valence-corrected chi connectivity index (χ2v) is 8.20. The topological polar surface area (TPSA) is 63.9 Å². The summed E-state index contributed by atoms with van der Waals surface area (Å²) in [5.74, 6) is 2.21. The van der Waals surface area contributed by atoms with E-state index in [1.54, 1.807) is 17.6 Å². The van der Waals surface area contributed by atoms with E-state index in [-0.39, 0.29) is 18.5 Å². The number of nitrogens with one attached hydrogen (secondary N) is 1. The summed E-state index contributed by atoms with van der Waals surface area (Å²) in [4.78, 5) is 16.4. The van der Waals surface area contributed by atoms with Gasteiger partial charge in [0.1, 0.15) is 5.76 Å². The van der Waals surface area contributed by atoms with Crippen LogP contribution in [0.4, 0.5) is 5.69 Å². The van der Waals surface area contributed by atoms with Gasteiger partial charge in [-0.05, 0) is 47.7 Å². The van der Waals surface area contributed by atoms with Crippen molar-refractivity contribution in [2.75, 3.05) is 31.6 Å².